The van der Waals surface area contributed by atoms with Crippen LogP contribution in [-0.4, -0.2) is 25.4 Å². The van der Waals surface area contributed by atoms with Crippen molar-refractivity contribution in [3.8, 4) is 0 Å². The van der Waals surface area contributed by atoms with Crippen LogP contribution >= 0.6 is 10.7 Å². The predicted octanol–water partition coefficient (Wildman–Crippen LogP) is 0.326. The Morgan fingerprint density at radius 1 is 1.67 bits per heavy atom. The number of aliphatic hydroxyl groups is 1. The molecule has 1 atom stereocenters. The van der Waals surface area contributed by atoms with Crippen molar-refractivity contribution in [2.45, 2.75) is 19.4 Å². The van der Waals surface area contributed by atoms with E-state index in [1.54, 1.807) is 6.92 Å². The summed E-state index contributed by atoms with van der Waals surface area (Å²) in [5.41, 5.74) is 0. The Labute approximate surface area is 59.1 Å². The molecule has 1 N–H and O–H groups in total. The van der Waals surface area contributed by atoms with Crippen molar-refractivity contribution in [1.82, 2.24) is 0 Å². The fraction of sp³-hybridized carbons (Fsp3) is 1.00. The first-order valence-corrected chi connectivity index (χ1v) is 5.04. The van der Waals surface area contributed by atoms with Gasteiger partial charge in [-0.25, -0.2) is 8.42 Å². The largest absolute Gasteiger partial charge is 0.392 e. The quantitative estimate of drug-likeness (QED) is 0.625. The Hall–Kier alpha value is 0.200. The summed E-state index contributed by atoms with van der Waals surface area (Å²) >= 11 is 0. The molecule has 3 nitrogen and oxygen atoms in total. The van der Waals surface area contributed by atoms with Crippen molar-refractivity contribution in [1.29, 1.82) is 0 Å². The monoisotopic (exact) mass is 172 g/mol. The summed E-state index contributed by atoms with van der Waals surface area (Å²) in [4.78, 5) is 0. The molecule has 56 valence electrons. The Bertz CT molecular complexity index is 163. The van der Waals surface area contributed by atoms with Gasteiger partial charge in [0.15, 0.2) is 0 Å². The van der Waals surface area contributed by atoms with E-state index in [4.69, 9.17) is 15.8 Å². The topological polar surface area (TPSA) is 54.4 Å². The lowest BCUT2D eigenvalue weighted by Gasteiger charge is -2.01. The summed E-state index contributed by atoms with van der Waals surface area (Å²) in [6.07, 6.45) is -0.418. The molecule has 0 saturated heterocycles. The fourth-order valence-corrected chi connectivity index (χ4v) is 1.48. The van der Waals surface area contributed by atoms with Crippen LogP contribution < -0.4 is 0 Å². The average Bonchev–Trinajstić information content (AvgIpc) is 1.62. The maximum Gasteiger partial charge on any atom is 0.235 e. The minimum atomic E-state index is -3.51. The van der Waals surface area contributed by atoms with E-state index >= 15 is 0 Å². The number of hydrogen-bond acceptors (Lipinski definition) is 3. The molecular weight excluding hydrogens is 164 g/mol. The van der Waals surface area contributed by atoms with Gasteiger partial charge >= 0.3 is 0 Å². The first-order chi connectivity index (χ1) is 3.95. The zero-order valence-electron chi connectivity index (χ0n) is 5.04. The van der Waals surface area contributed by atoms with Gasteiger partial charge in [-0.3, -0.25) is 0 Å². The number of aliphatic hydroxyl groups excluding tert-OH is 1. The molecule has 0 amide bonds. The standard InChI is InChI=1S/C4H9ClO3S/c1-2-4(6)3-9(5,7)8/h4,6H,2-3H2,1H3. The smallest absolute Gasteiger partial charge is 0.235 e. The van der Waals surface area contributed by atoms with Crippen LogP contribution in [0.25, 0.3) is 0 Å². The van der Waals surface area contributed by atoms with Gasteiger partial charge in [-0.05, 0) is 6.42 Å². The highest BCUT2D eigenvalue weighted by Gasteiger charge is 2.11. The van der Waals surface area contributed by atoms with E-state index in [2.05, 4.69) is 0 Å². The van der Waals surface area contributed by atoms with Gasteiger partial charge in [-0.2, -0.15) is 0 Å². The van der Waals surface area contributed by atoms with Crippen LogP contribution in [0.3, 0.4) is 0 Å². The number of rotatable bonds is 3. The lowest BCUT2D eigenvalue weighted by molar-refractivity contribution is 0.193. The molecule has 0 aromatic rings. The van der Waals surface area contributed by atoms with E-state index in [1.165, 1.54) is 0 Å². The van der Waals surface area contributed by atoms with Crippen molar-refractivity contribution >= 4 is 19.7 Å². The molecule has 5 heteroatoms. The Balaban J connectivity index is 3.75. The SMILES string of the molecule is CCC(O)CS(=O)(=O)Cl. The van der Waals surface area contributed by atoms with Crippen LogP contribution in [0, 0.1) is 0 Å². The Morgan fingerprint density at radius 2 is 2.11 bits per heavy atom. The molecular formula is C4H9ClO3S. The van der Waals surface area contributed by atoms with Gasteiger partial charge in [0, 0.05) is 10.7 Å². The van der Waals surface area contributed by atoms with Gasteiger partial charge in [-0.1, -0.05) is 6.92 Å². The van der Waals surface area contributed by atoms with E-state index in [-0.39, 0.29) is 5.75 Å². The first kappa shape index (κ1) is 9.20. The summed E-state index contributed by atoms with van der Waals surface area (Å²) in [7, 11) is 1.31. The lowest BCUT2D eigenvalue weighted by atomic mass is 10.3. The van der Waals surface area contributed by atoms with E-state index in [9.17, 15) is 8.42 Å². The minimum Gasteiger partial charge on any atom is -0.392 e. The van der Waals surface area contributed by atoms with Crippen LogP contribution in [0.1, 0.15) is 13.3 Å². The molecule has 9 heavy (non-hydrogen) atoms. The van der Waals surface area contributed by atoms with Crippen molar-refractivity contribution in [2.24, 2.45) is 0 Å². The molecule has 0 saturated carbocycles. The van der Waals surface area contributed by atoms with Gasteiger partial charge in [0.05, 0.1) is 11.9 Å². The van der Waals surface area contributed by atoms with Crippen molar-refractivity contribution in [3.05, 3.63) is 0 Å². The minimum absolute atomic E-state index is 0.356. The van der Waals surface area contributed by atoms with E-state index in [1.807, 2.05) is 0 Å². The molecule has 0 rings (SSSR count). The van der Waals surface area contributed by atoms with Crippen LogP contribution in [0.4, 0.5) is 0 Å². The van der Waals surface area contributed by atoms with Crippen LogP contribution in [0.5, 0.6) is 0 Å². The molecule has 0 fully saturated rings. The zero-order chi connectivity index (χ0) is 7.49. The second-order valence-corrected chi connectivity index (χ2v) is 4.59. The molecule has 0 aliphatic rings. The number of halogens is 1. The third-order valence-corrected chi connectivity index (χ3v) is 2.02. The van der Waals surface area contributed by atoms with Crippen LogP contribution in [-0.2, 0) is 9.05 Å². The van der Waals surface area contributed by atoms with Crippen molar-refractivity contribution in [3.63, 3.8) is 0 Å². The summed E-state index contributed by atoms with van der Waals surface area (Å²) in [5.74, 6) is -0.356. The van der Waals surface area contributed by atoms with Crippen molar-refractivity contribution < 1.29 is 13.5 Å². The normalized spacial score (nSPS) is 15.4. The second-order valence-electron chi connectivity index (χ2n) is 1.77. The number of hydrogen-bond donors (Lipinski definition) is 1. The van der Waals surface area contributed by atoms with Gasteiger partial charge in [0.25, 0.3) is 0 Å². The fourth-order valence-electron chi connectivity index (χ4n) is 0.348. The van der Waals surface area contributed by atoms with E-state index in [0.717, 1.165) is 0 Å². The molecule has 0 aromatic carbocycles. The first-order valence-electron chi connectivity index (χ1n) is 2.56. The highest BCUT2D eigenvalue weighted by Crippen LogP contribution is 2.01. The Kier molecular flexibility index (Phi) is 3.46. The summed E-state index contributed by atoms with van der Waals surface area (Å²) < 4.78 is 20.4. The van der Waals surface area contributed by atoms with Gasteiger partial charge < -0.3 is 5.11 Å². The molecule has 0 heterocycles. The van der Waals surface area contributed by atoms with E-state index in [0.29, 0.717) is 6.42 Å². The van der Waals surface area contributed by atoms with E-state index < -0.39 is 15.2 Å². The van der Waals surface area contributed by atoms with Crippen LogP contribution in [0.15, 0.2) is 0 Å². The van der Waals surface area contributed by atoms with Gasteiger partial charge in [0.1, 0.15) is 0 Å². The second kappa shape index (κ2) is 3.39. The average molecular weight is 173 g/mol. The zero-order valence-corrected chi connectivity index (χ0v) is 6.61. The van der Waals surface area contributed by atoms with Gasteiger partial charge in [-0.15, -0.1) is 0 Å². The molecule has 0 aliphatic heterocycles. The van der Waals surface area contributed by atoms with Gasteiger partial charge in [0.2, 0.25) is 9.05 Å². The maximum atomic E-state index is 10.2. The third-order valence-electron chi connectivity index (χ3n) is 0.863. The summed E-state index contributed by atoms with van der Waals surface area (Å²) in [5, 5.41) is 8.73. The molecule has 0 radical (unpaired) electrons. The highest BCUT2D eigenvalue weighted by atomic mass is 35.7. The lowest BCUT2D eigenvalue weighted by Crippen LogP contribution is -2.15. The molecule has 0 aliphatic carbocycles. The molecule has 0 spiro atoms. The highest BCUT2D eigenvalue weighted by molar-refractivity contribution is 8.13. The predicted molar refractivity (Wildman–Crippen MR) is 35.9 cm³/mol. The third kappa shape index (κ3) is 6.08. The molecule has 0 aromatic heterocycles. The summed E-state index contributed by atoms with van der Waals surface area (Å²) in [6, 6.07) is 0. The summed E-state index contributed by atoms with van der Waals surface area (Å²) in [6.45, 7) is 1.69. The van der Waals surface area contributed by atoms with Crippen LogP contribution in [0.2, 0.25) is 0 Å². The van der Waals surface area contributed by atoms with Crippen molar-refractivity contribution in [2.75, 3.05) is 5.75 Å². The molecule has 0 bridgehead atoms. The Morgan fingerprint density at radius 3 is 2.22 bits per heavy atom. The molecule has 1 unspecified atom stereocenters. The maximum absolute atomic E-state index is 10.2.